The third-order valence-electron chi connectivity index (χ3n) is 2.66. The molecule has 2 rings (SSSR count). The molecular formula is C12H14ClNO2. The molecule has 4 heteroatoms. The van der Waals surface area contributed by atoms with Gasteiger partial charge in [-0.05, 0) is 43.7 Å². The molecule has 0 bridgehead atoms. The average Bonchev–Trinajstić information content (AvgIpc) is 2.33. The van der Waals surface area contributed by atoms with Crippen molar-refractivity contribution in [2.45, 2.75) is 12.8 Å². The highest BCUT2D eigenvalue weighted by Crippen LogP contribution is 2.18. The molecule has 1 unspecified atom stereocenters. The monoisotopic (exact) mass is 239 g/mol. The second-order valence-electron chi connectivity index (χ2n) is 3.92. The lowest BCUT2D eigenvalue weighted by atomic mass is 10.0. The van der Waals surface area contributed by atoms with E-state index in [2.05, 4.69) is 5.32 Å². The predicted molar refractivity (Wildman–Crippen MR) is 62.7 cm³/mol. The van der Waals surface area contributed by atoms with Crippen LogP contribution in [0.4, 0.5) is 0 Å². The number of carbonyl (C=O) groups excluding carboxylic acids is 1. The van der Waals surface area contributed by atoms with Gasteiger partial charge < -0.3 is 10.1 Å². The number of rotatable bonds is 2. The molecule has 0 radical (unpaired) electrons. The molecule has 3 nitrogen and oxygen atoms in total. The molecule has 1 heterocycles. The lowest BCUT2D eigenvalue weighted by Gasteiger charge is -2.20. The van der Waals surface area contributed by atoms with Crippen molar-refractivity contribution in [3.8, 4) is 5.75 Å². The van der Waals surface area contributed by atoms with E-state index >= 15 is 0 Å². The number of benzene rings is 1. The van der Waals surface area contributed by atoms with Crippen LogP contribution in [-0.4, -0.2) is 19.1 Å². The van der Waals surface area contributed by atoms with Crippen LogP contribution in [0.15, 0.2) is 24.3 Å². The Labute approximate surface area is 99.7 Å². The Hall–Kier alpha value is -1.06. The highest BCUT2D eigenvalue weighted by molar-refractivity contribution is 6.30. The Kier molecular flexibility index (Phi) is 3.80. The fourth-order valence-electron chi connectivity index (χ4n) is 1.76. The van der Waals surface area contributed by atoms with E-state index in [1.165, 1.54) is 0 Å². The van der Waals surface area contributed by atoms with Gasteiger partial charge in [0, 0.05) is 11.6 Å². The summed E-state index contributed by atoms with van der Waals surface area (Å²) in [6.07, 6.45) is 1.93. The minimum Gasteiger partial charge on any atom is -0.426 e. The van der Waals surface area contributed by atoms with Gasteiger partial charge in [-0.25, -0.2) is 0 Å². The number of nitrogens with one attached hydrogen (secondary N) is 1. The number of carbonyl (C=O) groups is 1. The minimum absolute atomic E-state index is 0.0237. The molecule has 1 atom stereocenters. The third kappa shape index (κ3) is 2.97. The standard InChI is InChI=1S/C12H14ClNO2/c13-10-3-5-11(6-4-10)16-12(15)9-2-1-7-14-8-9/h3-6,9,14H,1-2,7-8H2. The van der Waals surface area contributed by atoms with E-state index in [0.717, 1.165) is 19.4 Å². The van der Waals surface area contributed by atoms with Gasteiger partial charge in [-0.1, -0.05) is 11.6 Å². The first-order chi connectivity index (χ1) is 7.75. The summed E-state index contributed by atoms with van der Waals surface area (Å²) in [5, 5.41) is 3.83. The van der Waals surface area contributed by atoms with Crippen molar-refractivity contribution in [2.24, 2.45) is 5.92 Å². The first kappa shape index (κ1) is 11.4. The van der Waals surface area contributed by atoms with Crippen molar-refractivity contribution in [3.05, 3.63) is 29.3 Å². The fourth-order valence-corrected chi connectivity index (χ4v) is 1.88. The molecule has 1 saturated heterocycles. The quantitative estimate of drug-likeness (QED) is 0.636. The van der Waals surface area contributed by atoms with E-state index in [0.29, 0.717) is 17.3 Å². The maximum Gasteiger partial charge on any atom is 0.315 e. The molecule has 1 aliphatic heterocycles. The third-order valence-corrected chi connectivity index (χ3v) is 2.91. The zero-order valence-corrected chi connectivity index (χ0v) is 9.67. The van der Waals surface area contributed by atoms with E-state index in [1.54, 1.807) is 24.3 Å². The van der Waals surface area contributed by atoms with Gasteiger partial charge in [0.2, 0.25) is 0 Å². The van der Waals surface area contributed by atoms with Crippen molar-refractivity contribution < 1.29 is 9.53 Å². The Morgan fingerprint density at radius 2 is 2.12 bits per heavy atom. The number of piperidine rings is 1. The summed E-state index contributed by atoms with van der Waals surface area (Å²) in [5.41, 5.74) is 0. The van der Waals surface area contributed by atoms with Gasteiger partial charge in [0.15, 0.2) is 0 Å². The SMILES string of the molecule is O=C(Oc1ccc(Cl)cc1)C1CCCNC1. The molecule has 1 aliphatic rings. The Morgan fingerprint density at radius 3 is 2.75 bits per heavy atom. The van der Waals surface area contributed by atoms with E-state index < -0.39 is 0 Å². The molecular weight excluding hydrogens is 226 g/mol. The van der Waals surface area contributed by atoms with Crippen LogP contribution in [-0.2, 0) is 4.79 Å². The molecule has 0 amide bonds. The summed E-state index contributed by atoms with van der Waals surface area (Å²) in [7, 11) is 0. The number of esters is 1. The average molecular weight is 240 g/mol. The summed E-state index contributed by atoms with van der Waals surface area (Å²) < 4.78 is 5.27. The highest BCUT2D eigenvalue weighted by Gasteiger charge is 2.22. The van der Waals surface area contributed by atoms with Crippen molar-refractivity contribution in [2.75, 3.05) is 13.1 Å². The van der Waals surface area contributed by atoms with Gasteiger partial charge in [0.1, 0.15) is 5.75 Å². The topological polar surface area (TPSA) is 38.3 Å². The molecule has 0 saturated carbocycles. The fraction of sp³-hybridized carbons (Fsp3) is 0.417. The summed E-state index contributed by atoms with van der Waals surface area (Å²) in [5.74, 6) is 0.374. The Bertz CT molecular complexity index is 358. The van der Waals surface area contributed by atoms with Crippen LogP contribution in [0.25, 0.3) is 0 Å². The lowest BCUT2D eigenvalue weighted by molar-refractivity contribution is -0.139. The van der Waals surface area contributed by atoms with Gasteiger partial charge in [-0.15, -0.1) is 0 Å². The van der Waals surface area contributed by atoms with Crippen LogP contribution in [0.3, 0.4) is 0 Å². The van der Waals surface area contributed by atoms with Crippen LogP contribution >= 0.6 is 11.6 Å². The molecule has 1 N–H and O–H groups in total. The summed E-state index contributed by atoms with van der Waals surface area (Å²) in [6, 6.07) is 6.83. The van der Waals surface area contributed by atoms with Crippen LogP contribution in [0, 0.1) is 5.92 Å². The zero-order chi connectivity index (χ0) is 11.4. The van der Waals surface area contributed by atoms with Gasteiger partial charge in [-0.2, -0.15) is 0 Å². The van der Waals surface area contributed by atoms with Crippen molar-refractivity contribution in [3.63, 3.8) is 0 Å². The van der Waals surface area contributed by atoms with Crippen molar-refractivity contribution >= 4 is 17.6 Å². The van der Waals surface area contributed by atoms with Gasteiger partial charge in [-0.3, -0.25) is 4.79 Å². The first-order valence-electron chi connectivity index (χ1n) is 5.44. The smallest absolute Gasteiger partial charge is 0.315 e. The largest absolute Gasteiger partial charge is 0.426 e. The van der Waals surface area contributed by atoms with E-state index in [1.807, 2.05) is 0 Å². The number of hydrogen-bond donors (Lipinski definition) is 1. The van der Waals surface area contributed by atoms with E-state index in [4.69, 9.17) is 16.3 Å². The first-order valence-corrected chi connectivity index (χ1v) is 5.81. The second kappa shape index (κ2) is 5.32. The van der Waals surface area contributed by atoms with Gasteiger partial charge in [0.25, 0.3) is 0 Å². The molecule has 16 heavy (non-hydrogen) atoms. The molecule has 1 aromatic carbocycles. The maximum atomic E-state index is 11.8. The Balaban J connectivity index is 1.93. The molecule has 1 aromatic rings. The summed E-state index contributed by atoms with van der Waals surface area (Å²) >= 11 is 5.75. The normalized spacial score (nSPS) is 20.4. The van der Waals surface area contributed by atoms with Crippen LogP contribution in [0.2, 0.25) is 5.02 Å². The molecule has 1 fully saturated rings. The summed E-state index contributed by atoms with van der Waals surface area (Å²) in [4.78, 5) is 11.8. The second-order valence-corrected chi connectivity index (χ2v) is 4.35. The number of ether oxygens (including phenoxy) is 1. The highest BCUT2D eigenvalue weighted by atomic mass is 35.5. The molecule has 0 spiro atoms. The van der Waals surface area contributed by atoms with E-state index in [9.17, 15) is 4.79 Å². The van der Waals surface area contributed by atoms with Crippen LogP contribution in [0.5, 0.6) is 5.75 Å². The minimum atomic E-state index is -0.158. The lowest BCUT2D eigenvalue weighted by Crippen LogP contribution is -2.36. The maximum absolute atomic E-state index is 11.8. The van der Waals surface area contributed by atoms with Crippen LogP contribution in [0.1, 0.15) is 12.8 Å². The Morgan fingerprint density at radius 1 is 1.38 bits per heavy atom. The van der Waals surface area contributed by atoms with Crippen molar-refractivity contribution in [1.29, 1.82) is 0 Å². The molecule has 86 valence electrons. The van der Waals surface area contributed by atoms with E-state index in [-0.39, 0.29) is 11.9 Å². The molecule has 0 aliphatic carbocycles. The summed E-state index contributed by atoms with van der Waals surface area (Å²) in [6.45, 7) is 1.71. The number of hydrogen-bond acceptors (Lipinski definition) is 3. The number of halogens is 1. The predicted octanol–water partition coefficient (Wildman–Crippen LogP) is 2.24. The van der Waals surface area contributed by atoms with Crippen LogP contribution < -0.4 is 10.1 Å². The molecule has 0 aromatic heterocycles. The van der Waals surface area contributed by atoms with Gasteiger partial charge in [0.05, 0.1) is 5.92 Å². The van der Waals surface area contributed by atoms with Gasteiger partial charge >= 0.3 is 5.97 Å². The van der Waals surface area contributed by atoms with Crippen molar-refractivity contribution in [1.82, 2.24) is 5.32 Å². The zero-order valence-electron chi connectivity index (χ0n) is 8.91.